The van der Waals surface area contributed by atoms with E-state index in [1.165, 1.54) is 51.6 Å². The molecule has 0 radical (unpaired) electrons. The number of nitrogens with zero attached hydrogens (tertiary/aromatic N) is 3. The summed E-state index contributed by atoms with van der Waals surface area (Å²) in [6.45, 7) is 11.1. The summed E-state index contributed by atoms with van der Waals surface area (Å²) < 4.78 is 23.4. The zero-order valence-electron chi connectivity index (χ0n) is 25.7. The van der Waals surface area contributed by atoms with Crippen LogP contribution in [0.2, 0.25) is 10.0 Å². The van der Waals surface area contributed by atoms with Crippen molar-refractivity contribution in [3.8, 4) is 5.75 Å². The van der Waals surface area contributed by atoms with Gasteiger partial charge in [-0.1, -0.05) is 41.4 Å². The zero-order chi connectivity index (χ0) is 31.1. The molecule has 1 fully saturated rings. The van der Waals surface area contributed by atoms with Gasteiger partial charge in [0.1, 0.15) is 11.6 Å². The molecule has 5 aromatic rings. The van der Waals surface area contributed by atoms with Crippen LogP contribution >= 0.6 is 23.2 Å². The monoisotopic (exact) mass is 648 g/mol. The molecule has 0 saturated carbocycles. The van der Waals surface area contributed by atoms with Crippen LogP contribution in [0.3, 0.4) is 0 Å². The van der Waals surface area contributed by atoms with Crippen LogP contribution in [0.25, 0.3) is 21.8 Å². The lowest BCUT2D eigenvalue weighted by Gasteiger charge is -2.32. The number of methoxy groups -OCH3 is 1. The molecule has 1 saturated heterocycles. The second kappa shape index (κ2) is 12.9. The van der Waals surface area contributed by atoms with E-state index in [9.17, 15) is 4.39 Å². The zero-order valence-corrected chi connectivity index (χ0v) is 27.2. The van der Waals surface area contributed by atoms with Crippen LogP contribution in [0.5, 0.6) is 5.75 Å². The van der Waals surface area contributed by atoms with Crippen molar-refractivity contribution in [2.24, 2.45) is 0 Å². The first-order chi connectivity index (χ1) is 21.9. The fourth-order valence-corrected chi connectivity index (χ4v) is 7.65. The lowest BCUT2D eigenvalue weighted by atomic mass is 10.1. The van der Waals surface area contributed by atoms with E-state index >= 15 is 0 Å². The molecule has 0 bridgehead atoms. The number of benzene rings is 3. The van der Waals surface area contributed by atoms with Gasteiger partial charge >= 0.3 is 0 Å². The van der Waals surface area contributed by atoms with Gasteiger partial charge in [-0.15, -0.1) is 0 Å². The fraction of sp³-hybridized carbons (Fsp3) is 0.371. The van der Waals surface area contributed by atoms with E-state index in [0.717, 1.165) is 80.6 Å². The van der Waals surface area contributed by atoms with Crippen LogP contribution in [0.1, 0.15) is 22.5 Å². The van der Waals surface area contributed by atoms with Gasteiger partial charge in [0.2, 0.25) is 0 Å². The van der Waals surface area contributed by atoms with Gasteiger partial charge in [0.25, 0.3) is 0 Å². The number of hydrogen-bond acceptors (Lipinski definition) is 5. The van der Waals surface area contributed by atoms with Crippen molar-refractivity contribution >= 4 is 50.7 Å². The molecule has 1 unspecified atom stereocenters. The molecule has 4 aliphatic heterocycles. The highest BCUT2D eigenvalue weighted by Crippen LogP contribution is 2.37. The maximum Gasteiger partial charge on any atom is 0.149 e. The first-order valence-corrected chi connectivity index (χ1v) is 16.5. The third kappa shape index (κ3) is 5.68. The van der Waals surface area contributed by atoms with Crippen LogP contribution in [0, 0.1) is 12.7 Å². The van der Waals surface area contributed by atoms with E-state index in [-0.39, 0.29) is 10.8 Å². The predicted molar refractivity (Wildman–Crippen MR) is 183 cm³/mol. The topological polar surface area (TPSA) is 58.4 Å². The van der Waals surface area contributed by atoms with Gasteiger partial charge < -0.3 is 34.7 Å². The molecular weight excluding hydrogens is 610 g/mol. The summed E-state index contributed by atoms with van der Waals surface area (Å²) in [5, 5.41) is 13.3. The number of ether oxygens (including phenoxy) is 1. The molecule has 10 heteroatoms. The number of piperazine rings is 1. The summed E-state index contributed by atoms with van der Waals surface area (Å²) in [5.41, 5.74) is 8.86. The van der Waals surface area contributed by atoms with Crippen molar-refractivity contribution in [2.45, 2.75) is 45.6 Å². The van der Waals surface area contributed by atoms with E-state index in [1.54, 1.807) is 13.2 Å². The summed E-state index contributed by atoms with van der Waals surface area (Å²) in [7, 11) is 1.76. The molecule has 1 atom stereocenters. The van der Waals surface area contributed by atoms with E-state index in [1.807, 2.05) is 12.1 Å². The van der Waals surface area contributed by atoms with E-state index in [2.05, 4.69) is 67.2 Å². The van der Waals surface area contributed by atoms with Gasteiger partial charge in [0.15, 0.2) is 0 Å². The van der Waals surface area contributed by atoms with Crippen LogP contribution in [-0.4, -0.2) is 55.0 Å². The molecule has 2 aromatic heterocycles. The number of anilines is 1. The number of halogens is 3. The van der Waals surface area contributed by atoms with Crippen molar-refractivity contribution in [1.82, 2.24) is 25.1 Å². The Kier molecular flexibility index (Phi) is 8.68. The van der Waals surface area contributed by atoms with Crippen LogP contribution in [0.4, 0.5) is 10.1 Å². The average molecular weight is 650 g/mol. The third-order valence-electron chi connectivity index (χ3n) is 9.40. The quantitative estimate of drug-likeness (QED) is 0.200. The van der Waals surface area contributed by atoms with Crippen molar-refractivity contribution in [3.05, 3.63) is 93.0 Å². The van der Waals surface area contributed by atoms with Gasteiger partial charge in [-0.05, 0) is 60.9 Å². The molecular formula is C35H39Cl2FN6O. The third-order valence-corrected chi connectivity index (χ3v) is 10.0. The Bertz CT molecular complexity index is 1870. The van der Waals surface area contributed by atoms with E-state index in [0.29, 0.717) is 6.04 Å². The minimum atomic E-state index is -0.347. The number of nitrogens with one attached hydrogen (secondary N) is 3. The molecule has 3 aromatic carbocycles. The van der Waals surface area contributed by atoms with Gasteiger partial charge in [0.05, 0.1) is 28.9 Å². The molecule has 45 heavy (non-hydrogen) atoms. The van der Waals surface area contributed by atoms with Crippen LogP contribution < -0.4 is 25.6 Å². The summed E-state index contributed by atoms with van der Waals surface area (Å²) in [4.78, 5) is 2.48. The second-order valence-electron chi connectivity index (χ2n) is 12.1. The minimum absolute atomic E-state index is 0.231. The largest absolute Gasteiger partial charge is 0.494 e. The summed E-state index contributed by atoms with van der Waals surface area (Å²) in [6, 6.07) is 18.5. The minimum Gasteiger partial charge on any atom is -0.494 e. The molecule has 3 N–H and O–H groups in total. The maximum absolute atomic E-state index is 13.3. The normalized spacial score (nSPS) is 18.2. The molecule has 0 amide bonds. The molecule has 4 aliphatic rings. The van der Waals surface area contributed by atoms with Gasteiger partial charge in [-0.25, -0.2) is 4.39 Å². The van der Waals surface area contributed by atoms with Crippen molar-refractivity contribution in [1.29, 1.82) is 0 Å². The molecule has 6 heterocycles. The first-order valence-electron chi connectivity index (χ1n) is 15.7. The molecule has 0 spiro atoms. The Labute approximate surface area is 273 Å². The van der Waals surface area contributed by atoms with Crippen LogP contribution in [0.15, 0.2) is 54.6 Å². The smallest absolute Gasteiger partial charge is 0.149 e. The second-order valence-corrected chi connectivity index (χ2v) is 12.9. The lowest BCUT2D eigenvalue weighted by molar-refractivity contribution is 0.400. The fourth-order valence-electron chi connectivity index (χ4n) is 7.27. The van der Waals surface area contributed by atoms with Crippen molar-refractivity contribution in [3.63, 3.8) is 0 Å². The Morgan fingerprint density at radius 2 is 1.67 bits per heavy atom. The first kappa shape index (κ1) is 30.4. The number of aryl methyl sites for hydroxylation is 1. The molecule has 7 nitrogen and oxygen atoms in total. The molecule has 0 aliphatic carbocycles. The van der Waals surface area contributed by atoms with E-state index < -0.39 is 0 Å². The highest BCUT2D eigenvalue weighted by molar-refractivity contribution is 6.35. The molecule has 236 valence electrons. The maximum atomic E-state index is 13.3. The summed E-state index contributed by atoms with van der Waals surface area (Å²) >= 11 is 11.9. The van der Waals surface area contributed by atoms with Crippen molar-refractivity contribution in [2.75, 3.05) is 44.7 Å². The highest BCUT2D eigenvalue weighted by Gasteiger charge is 2.31. The Morgan fingerprint density at radius 1 is 0.867 bits per heavy atom. The number of fused-ring (bicyclic) bond motifs is 9. The highest BCUT2D eigenvalue weighted by atomic mass is 35.5. The summed E-state index contributed by atoms with van der Waals surface area (Å²) in [5.74, 6) is 0.695. The summed E-state index contributed by atoms with van der Waals surface area (Å²) in [6.07, 6.45) is 1.17. The standard InChI is InChI=1S/C13H16N2O.C11H10ClFN2.C11H13ClN2/c1-9-4-3-5-10-12(9)13(16-2)11-8-14-6-7-15(10)11;12-11-8-5-7-6-14-3-4-15(7)10(8)2-1-9(11)13;12-9-2-1-8-5-10-7-13-3-4-14(10)11(8)6-9/h3-5,14H,6-8H2,1-2H3;1-2,5,14H,3-4,6H2;1-2,6,10,13H,3-5,7H2. The van der Waals surface area contributed by atoms with Crippen molar-refractivity contribution < 1.29 is 9.13 Å². The van der Waals surface area contributed by atoms with E-state index in [4.69, 9.17) is 27.9 Å². The Hall–Kier alpha value is -3.27. The number of rotatable bonds is 1. The lowest BCUT2D eigenvalue weighted by Crippen LogP contribution is -2.49. The van der Waals surface area contributed by atoms with Gasteiger partial charge in [-0.2, -0.15) is 0 Å². The molecule has 9 rings (SSSR count). The van der Waals surface area contributed by atoms with Gasteiger partial charge in [0, 0.05) is 92.1 Å². The Morgan fingerprint density at radius 3 is 2.51 bits per heavy atom. The predicted octanol–water partition coefficient (Wildman–Crippen LogP) is 6.27. The number of hydrogen-bond donors (Lipinski definition) is 3. The number of aromatic nitrogens is 2. The van der Waals surface area contributed by atoms with Crippen LogP contribution in [-0.2, 0) is 32.6 Å². The van der Waals surface area contributed by atoms with Gasteiger partial charge in [-0.3, -0.25) is 0 Å². The average Bonchev–Trinajstić information content (AvgIpc) is 3.74. The Balaban J connectivity index is 0.000000109. The SMILES string of the molecule is COc1c2n(c3cccc(C)c13)CCNC2.Clc1ccc2c(c1)N1CCNCC1C2.Fc1ccc2c(cc3n2CCNC3)c1Cl.